The average molecular weight is 366 g/mol. The van der Waals surface area contributed by atoms with Gasteiger partial charge in [0.25, 0.3) is 0 Å². The van der Waals surface area contributed by atoms with Crippen LogP contribution in [-0.2, 0) is 0 Å². The summed E-state index contributed by atoms with van der Waals surface area (Å²) in [6, 6.07) is 0. The zero-order valence-electron chi connectivity index (χ0n) is 14.9. The molecule has 22 heavy (non-hydrogen) atoms. The second-order valence-corrected chi connectivity index (χ2v) is 14.9. The van der Waals surface area contributed by atoms with Gasteiger partial charge >= 0.3 is 144 Å². The molecule has 3 aliphatic rings. The van der Waals surface area contributed by atoms with Gasteiger partial charge in [-0.2, -0.15) is 0 Å². The number of hydrogen-bond acceptors (Lipinski definition) is 0. The third kappa shape index (κ3) is 5.03. The Labute approximate surface area is 144 Å². The summed E-state index contributed by atoms with van der Waals surface area (Å²) in [5, 5.41) is 0. The first-order valence-electron chi connectivity index (χ1n) is 10.7. The third-order valence-electron chi connectivity index (χ3n) is 6.74. The molecule has 0 nitrogen and oxygen atoms in total. The van der Waals surface area contributed by atoms with Crippen molar-refractivity contribution in [1.29, 1.82) is 0 Å². The molecular weight excluding hydrogens is 327 g/mol. The van der Waals surface area contributed by atoms with Crippen molar-refractivity contribution in [2.45, 2.75) is 130 Å². The van der Waals surface area contributed by atoms with Crippen LogP contribution in [0, 0.1) is 0 Å². The number of rotatable bonds is 3. The quantitative estimate of drug-likeness (QED) is 0.355. The molecule has 0 aliphatic heterocycles. The van der Waals surface area contributed by atoms with Crippen LogP contribution >= 0.6 is 0 Å². The van der Waals surface area contributed by atoms with Crippen molar-refractivity contribution in [2.24, 2.45) is 0 Å². The Morgan fingerprint density at radius 2 is 0.545 bits per heavy atom. The maximum atomic E-state index is 1.65. The molecule has 3 aliphatic carbocycles. The predicted octanol–water partition coefficient (Wildman–Crippen LogP) is 7.65. The zero-order valence-corrected chi connectivity index (χ0v) is 16.8. The molecule has 0 amide bonds. The fraction of sp³-hybridized carbons (Fsp3) is 1.00. The Balaban J connectivity index is 1.72. The predicted molar refractivity (Wildman–Crippen MR) is 100 cm³/mol. The minimum atomic E-state index is -0.649. The molecule has 0 radical (unpaired) electrons. The van der Waals surface area contributed by atoms with Gasteiger partial charge in [-0.25, -0.2) is 0 Å². The van der Waals surface area contributed by atoms with Crippen LogP contribution in [0.25, 0.3) is 0 Å². The molecule has 3 rings (SSSR count). The van der Waals surface area contributed by atoms with Crippen LogP contribution in [-0.4, -0.2) is 14.7 Å². The van der Waals surface area contributed by atoms with Crippen LogP contribution in [0.15, 0.2) is 0 Å². The van der Waals surface area contributed by atoms with Gasteiger partial charge in [0.05, 0.1) is 0 Å². The molecule has 0 saturated heterocycles. The molecular formula is C21H39As. The van der Waals surface area contributed by atoms with Crippen molar-refractivity contribution in [3.63, 3.8) is 0 Å². The summed E-state index contributed by atoms with van der Waals surface area (Å²) in [4.78, 5) is 0. The van der Waals surface area contributed by atoms with E-state index in [1.54, 1.807) is 116 Å². The second-order valence-electron chi connectivity index (χ2n) is 8.38. The Morgan fingerprint density at radius 1 is 0.318 bits per heavy atom. The molecule has 3 saturated carbocycles. The van der Waals surface area contributed by atoms with Crippen molar-refractivity contribution >= 4 is 14.7 Å². The Kier molecular flexibility index (Phi) is 7.71. The molecule has 0 unspecified atom stereocenters. The standard InChI is InChI=1S/C21H39As/c1-2-8-14-19(13-7-1)22(20-15-9-3-4-10-16-20)21-17-11-5-6-12-18-21/h19-21H,1-18H2. The minimum absolute atomic E-state index is 0.649. The Hall–Kier alpha value is 0.558. The molecule has 1 heteroatoms. The Bertz CT molecular complexity index is 229. The normalized spacial score (nSPS) is 28.2. The van der Waals surface area contributed by atoms with Crippen molar-refractivity contribution in [1.82, 2.24) is 0 Å². The van der Waals surface area contributed by atoms with Crippen molar-refractivity contribution < 1.29 is 0 Å². The summed E-state index contributed by atoms with van der Waals surface area (Å²) in [5.41, 5.74) is 0. The molecule has 3 fully saturated rings. The monoisotopic (exact) mass is 366 g/mol. The van der Waals surface area contributed by atoms with E-state index in [1.165, 1.54) is 14.1 Å². The topological polar surface area (TPSA) is 0 Å². The van der Waals surface area contributed by atoms with Gasteiger partial charge in [-0.1, -0.05) is 0 Å². The fourth-order valence-corrected chi connectivity index (χ4v) is 15.4. The summed E-state index contributed by atoms with van der Waals surface area (Å²) in [7, 11) is 0. The molecule has 0 N–H and O–H groups in total. The van der Waals surface area contributed by atoms with Crippen LogP contribution in [0.3, 0.4) is 0 Å². The van der Waals surface area contributed by atoms with E-state index in [9.17, 15) is 0 Å². The summed E-state index contributed by atoms with van der Waals surface area (Å²) in [6.45, 7) is 0. The molecule has 0 heterocycles. The van der Waals surface area contributed by atoms with Gasteiger partial charge in [0.15, 0.2) is 0 Å². The third-order valence-corrected chi connectivity index (χ3v) is 15.3. The first kappa shape index (κ1) is 17.4. The van der Waals surface area contributed by atoms with Gasteiger partial charge in [-0.05, 0) is 0 Å². The molecule has 0 aromatic rings. The van der Waals surface area contributed by atoms with Gasteiger partial charge in [0, 0.05) is 0 Å². The van der Waals surface area contributed by atoms with E-state index >= 15 is 0 Å². The van der Waals surface area contributed by atoms with Gasteiger partial charge in [-0.15, -0.1) is 0 Å². The van der Waals surface area contributed by atoms with Crippen LogP contribution < -0.4 is 0 Å². The van der Waals surface area contributed by atoms with E-state index in [1.807, 2.05) is 0 Å². The number of hydrogen-bond donors (Lipinski definition) is 0. The van der Waals surface area contributed by atoms with Crippen molar-refractivity contribution in [3.8, 4) is 0 Å². The average Bonchev–Trinajstić information content (AvgIpc) is 3.04. The SMILES string of the molecule is C1CCCC([As](C2CCCCCC2)C2CCCCCC2)CC1. The summed E-state index contributed by atoms with van der Waals surface area (Å²) in [5.74, 6) is 0. The van der Waals surface area contributed by atoms with Gasteiger partial charge in [0.1, 0.15) is 0 Å². The van der Waals surface area contributed by atoms with Gasteiger partial charge < -0.3 is 0 Å². The second kappa shape index (κ2) is 9.76. The van der Waals surface area contributed by atoms with E-state index in [0.717, 1.165) is 0 Å². The van der Waals surface area contributed by atoms with Crippen LogP contribution in [0.4, 0.5) is 0 Å². The van der Waals surface area contributed by atoms with E-state index in [0.29, 0.717) is 0 Å². The van der Waals surface area contributed by atoms with Crippen molar-refractivity contribution in [2.75, 3.05) is 0 Å². The van der Waals surface area contributed by atoms with Crippen LogP contribution in [0.2, 0.25) is 14.1 Å². The first-order valence-corrected chi connectivity index (χ1v) is 14.0. The fourth-order valence-electron chi connectivity index (χ4n) is 5.56. The maximum absolute atomic E-state index is 1.65. The van der Waals surface area contributed by atoms with E-state index < -0.39 is 14.7 Å². The molecule has 0 atom stereocenters. The van der Waals surface area contributed by atoms with E-state index in [4.69, 9.17) is 0 Å². The molecule has 0 aromatic heterocycles. The van der Waals surface area contributed by atoms with Gasteiger partial charge in [0.2, 0.25) is 0 Å². The molecule has 0 spiro atoms. The zero-order chi connectivity index (χ0) is 15.0. The first-order chi connectivity index (χ1) is 10.9. The summed E-state index contributed by atoms with van der Waals surface area (Å²) in [6.07, 6.45) is 28.6. The van der Waals surface area contributed by atoms with Crippen LogP contribution in [0.1, 0.15) is 116 Å². The Morgan fingerprint density at radius 3 is 0.773 bits per heavy atom. The van der Waals surface area contributed by atoms with E-state index in [2.05, 4.69) is 0 Å². The summed E-state index contributed by atoms with van der Waals surface area (Å²) < 4.78 is 3.75. The van der Waals surface area contributed by atoms with E-state index in [-0.39, 0.29) is 0 Å². The summed E-state index contributed by atoms with van der Waals surface area (Å²) >= 11 is -0.649. The molecule has 0 bridgehead atoms. The molecule has 0 aromatic carbocycles. The molecule has 128 valence electrons. The van der Waals surface area contributed by atoms with Crippen LogP contribution in [0.5, 0.6) is 0 Å². The van der Waals surface area contributed by atoms with Crippen molar-refractivity contribution in [3.05, 3.63) is 0 Å². The van der Waals surface area contributed by atoms with Gasteiger partial charge in [-0.3, -0.25) is 0 Å².